The van der Waals surface area contributed by atoms with Crippen molar-refractivity contribution in [2.45, 2.75) is 19.5 Å². The Morgan fingerprint density at radius 3 is 2.59 bits per heavy atom. The molecule has 1 atom stereocenters. The van der Waals surface area contributed by atoms with Crippen molar-refractivity contribution in [3.63, 3.8) is 0 Å². The van der Waals surface area contributed by atoms with E-state index < -0.39 is 12.8 Å². The smallest absolute Gasteiger partial charge is 0.422 e. The zero-order chi connectivity index (χ0) is 12.9. The number of halogens is 3. The first-order chi connectivity index (χ1) is 7.90. The molecule has 0 aliphatic rings. The van der Waals surface area contributed by atoms with Crippen molar-refractivity contribution in [3.8, 4) is 5.88 Å². The number of hydrogen-bond donors (Lipinski definition) is 1. The summed E-state index contributed by atoms with van der Waals surface area (Å²) in [5.41, 5.74) is 0.853. The molecule has 0 aliphatic carbocycles. The predicted molar refractivity (Wildman–Crippen MR) is 55.7 cm³/mol. The molecule has 0 aromatic carbocycles. The SMILES string of the molecule is C[C@H](CO)Cc1ccc(OCC(F)(F)F)nc1. The van der Waals surface area contributed by atoms with Crippen molar-refractivity contribution in [2.75, 3.05) is 13.2 Å². The minimum atomic E-state index is -4.36. The highest BCUT2D eigenvalue weighted by Crippen LogP contribution is 2.17. The maximum atomic E-state index is 11.9. The van der Waals surface area contributed by atoms with Crippen LogP contribution in [-0.4, -0.2) is 29.5 Å². The van der Waals surface area contributed by atoms with E-state index in [9.17, 15) is 13.2 Å². The van der Waals surface area contributed by atoms with Gasteiger partial charge in [-0.2, -0.15) is 13.2 Å². The van der Waals surface area contributed by atoms with Gasteiger partial charge < -0.3 is 9.84 Å². The molecule has 0 aliphatic heterocycles. The van der Waals surface area contributed by atoms with Gasteiger partial charge in [-0.1, -0.05) is 13.0 Å². The van der Waals surface area contributed by atoms with Crippen molar-refractivity contribution >= 4 is 0 Å². The molecule has 0 saturated heterocycles. The molecule has 0 unspecified atom stereocenters. The molecule has 96 valence electrons. The third-order valence-corrected chi connectivity index (χ3v) is 2.08. The van der Waals surface area contributed by atoms with Gasteiger partial charge in [0.2, 0.25) is 5.88 Å². The zero-order valence-corrected chi connectivity index (χ0v) is 9.37. The van der Waals surface area contributed by atoms with Crippen LogP contribution < -0.4 is 4.74 Å². The van der Waals surface area contributed by atoms with Gasteiger partial charge in [0.1, 0.15) is 0 Å². The van der Waals surface area contributed by atoms with Crippen molar-refractivity contribution in [1.82, 2.24) is 4.98 Å². The van der Waals surface area contributed by atoms with Gasteiger partial charge in [-0.15, -0.1) is 0 Å². The van der Waals surface area contributed by atoms with Crippen LogP contribution in [0.25, 0.3) is 0 Å². The summed E-state index contributed by atoms with van der Waals surface area (Å²) in [5.74, 6) is 0.0430. The normalized spacial score (nSPS) is 13.5. The summed E-state index contributed by atoms with van der Waals surface area (Å²) in [5, 5.41) is 8.85. The second-order valence-corrected chi connectivity index (χ2v) is 3.90. The van der Waals surface area contributed by atoms with E-state index in [-0.39, 0.29) is 18.4 Å². The fraction of sp³-hybridized carbons (Fsp3) is 0.545. The maximum absolute atomic E-state index is 11.9. The fourth-order valence-corrected chi connectivity index (χ4v) is 1.24. The van der Waals surface area contributed by atoms with Crippen molar-refractivity contribution < 1.29 is 23.0 Å². The highest BCUT2D eigenvalue weighted by Gasteiger charge is 2.28. The van der Waals surface area contributed by atoms with Gasteiger partial charge in [0.15, 0.2) is 6.61 Å². The topological polar surface area (TPSA) is 42.4 Å². The average Bonchev–Trinajstić information content (AvgIpc) is 2.27. The average molecular weight is 249 g/mol. The number of ether oxygens (including phenoxy) is 1. The Balaban J connectivity index is 2.50. The summed E-state index contributed by atoms with van der Waals surface area (Å²) >= 11 is 0. The first kappa shape index (κ1) is 13.8. The Morgan fingerprint density at radius 2 is 2.12 bits per heavy atom. The molecule has 0 amide bonds. The lowest BCUT2D eigenvalue weighted by Crippen LogP contribution is -2.19. The van der Waals surface area contributed by atoms with Crippen LogP contribution in [0.3, 0.4) is 0 Å². The van der Waals surface area contributed by atoms with Crippen molar-refractivity contribution in [2.24, 2.45) is 5.92 Å². The first-order valence-corrected chi connectivity index (χ1v) is 5.16. The molecule has 0 bridgehead atoms. The summed E-state index contributed by atoms with van der Waals surface area (Å²) < 4.78 is 40.0. The van der Waals surface area contributed by atoms with Crippen LogP contribution in [0.5, 0.6) is 5.88 Å². The van der Waals surface area contributed by atoms with Crippen LogP contribution in [0.2, 0.25) is 0 Å². The summed E-state index contributed by atoms with van der Waals surface area (Å²) in [7, 11) is 0. The molecule has 1 N–H and O–H groups in total. The minimum absolute atomic E-state index is 0.0530. The molecular formula is C11H14F3NO2. The number of aliphatic hydroxyl groups is 1. The molecule has 0 spiro atoms. The minimum Gasteiger partial charge on any atom is -0.468 e. The fourth-order valence-electron chi connectivity index (χ4n) is 1.24. The van der Waals surface area contributed by atoms with Crippen LogP contribution in [0.1, 0.15) is 12.5 Å². The van der Waals surface area contributed by atoms with Gasteiger partial charge in [0.05, 0.1) is 0 Å². The van der Waals surface area contributed by atoms with Gasteiger partial charge in [0.25, 0.3) is 0 Å². The number of nitrogens with zero attached hydrogens (tertiary/aromatic N) is 1. The molecule has 1 aromatic rings. The van der Waals surface area contributed by atoms with Crippen LogP contribution in [0.4, 0.5) is 13.2 Å². The molecule has 1 rings (SSSR count). The number of alkyl halides is 3. The van der Waals surface area contributed by atoms with E-state index in [1.165, 1.54) is 12.3 Å². The number of aromatic nitrogens is 1. The van der Waals surface area contributed by atoms with E-state index >= 15 is 0 Å². The summed E-state index contributed by atoms with van der Waals surface area (Å²) in [6.45, 7) is 0.590. The van der Waals surface area contributed by atoms with Crippen LogP contribution in [-0.2, 0) is 6.42 Å². The van der Waals surface area contributed by atoms with E-state index in [1.807, 2.05) is 6.92 Å². The van der Waals surface area contributed by atoms with Crippen molar-refractivity contribution in [3.05, 3.63) is 23.9 Å². The van der Waals surface area contributed by atoms with Gasteiger partial charge in [-0.05, 0) is 17.9 Å². The highest BCUT2D eigenvalue weighted by atomic mass is 19.4. The molecule has 0 fully saturated rings. The Bertz CT molecular complexity index is 338. The largest absolute Gasteiger partial charge is 0.468 e. The third-order valence-electron chi connectivity index (χ3n) is 2.08. The molecular weight excluding hydrogens is 235 g/mol. The molecule has 6 heteroatoms. The van der Waals surface area contributed by atoms with E-state index in [0.29, 0.717) is 6.42 Å². The third kappa shape index (κ3) is 5.53. The van der Waals surface area contributed by atoms with Gasteiger partial charge in [-0.25, -0.2) is 4.98 Å². The summed E-state index contributed by atoms with van der Waals surface area (Å²) in [6.07, 6.45) is -2.27. The molecule has 1 aromatic heterocycles. The Labute approximate surface area is 97.2 Å². The quantitative estimate of drug-likeness (QED) is 0.869. The van der Waals surface area contributed by atoms with Crippen LogP contribution in [0.15, 0.2) is 18.3 Å². The summed E-state index contributed by atoms with van der Waals surface area (Å²) in [4.78, 5) is 3.77. The van der Waals surface area contributed by atoms with Gasteiger partial charge >= 0.3 is 6.18 Å². The van der Waals surface area contributed by atoms with E-state index in [4.69, 9.17) is 5.11 Å². The molecule has 3 nitrogen and oxygen atoms in total. The lowest BCUT2D eigenvalue weighted by atomic mass is 10.0. The summed E-state index contributed by atoms with van der Waals surface area (Å²) in [6, 6.07) is 3.04. The first-order valence-electron chi connectivity index (χ1n) is 5.16. The van der Waals surface area contributed by atoms with E-state index in [0.717, 1.165) is 5.56 Å². The van der Waals surface area contributed by atoms with Gasteiger partial charge in [-0.3, -0.25) is 0 Å². The molecule has 17 heavy (non-hydrogen) atoms. The number of aliphatic hydroxyl groups excluding tert-OH is 1. The number of hydrogen-bond acceptors (Lipinski definition) is 3. The van der Waals surface area contributed by atoms with Gasteiger partial charge in [0, 0.05) is 18.9 Å². The second-order valence-electron chi connectivity index (χ2n) is 3.90. The lowest BCUT2D eigenvalue weighted by Gasteiger charge is -2.10. The maximum Gasteiger partial charge on any atom is 0.422 e. The van der Waals surface area contributed by atoms with E-state index in [2.05, 4.69) is 9.72 Å². The predicted octanol–water partition coefficient (Wildman–Crippen LogP) is 2.19. The van der Waals surface area contributed by atoms with Crippen LogP contribution in [0, 0.1) is 5.92 Å². The lowest BCUT2D eigenvalue weighted by molar-refractivity contribution is -0.154. The number of pyridine rings is 1. The zero-order valence-electron chi connectivity index (χ0n) is 9.37. The highest BCUT2D eigenvalue weighted by molar-refractivity contribution is 5.18. The van der Waals surface area contributed by atoms with Crippen LogP contribution >= 0.6 is 0 Å². The van der Waals surface area contributed by atoms with Crippen molar-refractivity contribution in [1.29, 1.82) is 0 Å². The molecule has 0 radical (unpaired) electrons. The van der Waals surface area contributed by atoms with E-state index in [1.54, 1.807) is 6.07 Å². The second kappa shape index (κ2) is 5.86. The number of rotatable bonds is 5. The molecule has 0 saturated carbocycles. The molecule has 1 heterocycles. The Morgan fingerprint density at radius 1 is 1.41 bits per heavy atom. The standard InChI is InChI=1S/C11H14F3NO2/c1-8(6-16)4-9-2-3-10(15-5-9)17-7-11(12,13)14/h2-3,5,8,16H,4,6-7H2,1H3/t8-/m0/s1. The monoisotopic (exact) mass is 249 g/mol. The Kier molecular flexibility index (Phi) is 4.74. The Hall–Kier alpha value is -1.30.